The number of hydrogen-bond acceptors (Lipinski definition) is 7. The van der Waals surface area contributed by atoms with Crippen molar-refractivity contribution in [2.45, 2.75) is 37.8 Å². The van der Waals surface area contributed by atoms with Crippen LogP contribution >= 0.6 is 0 Å². The summed E-state index contributed by atoms with van der Waals surface area (Å²) in [5.74, 6) is -3.38. The molecule has 0 unspecified atom stereocenters. The van der Waals surface area contributed by atoms with Gasteiger partial charge in [-0.15, -0.1) is 0 Å². The van der Waals surface area contributed by atoms with E-state index in [1.54, 1.807) is 42.5 Å². The lowest BCUT2D eigenvalue weighted by Crippen LogP contribution is -2.50. The number of hydrogen-bond donors (Lipinski definition) is 5. The average molecular weight is 669 g/mol. The van der Waals surface area contributed by atoms with Crippen LogP contribution in [0.1, 0.15) is 34.7 Å². The summed E-state index contributed by atoms with van der Waals surface area (Å²) in [7, 11) is 0. The number of nitrogens with one attached hydrogen (secondary N) is 3. The van der Waals surface area contributed by atoms with Crippen LogP contribution in [0.15, 0.2) is 78.9 Å². The summed E-state index contributed by atoms with van der Waals surface area (Å²) >= 11 is 0. The minimum atomic E-state index is -4.55. The predicted octanol–water partition coefficient (Wildman–Crippen LogP) is 3.16. The number of halogens is 3. The van der Waals surface area contributed by atoms with Crippen molar-refractivity contribution in [1.82, 2.24) is 20.4 Å². The number of ether oxygens (including phenoxy) is 1. The number of amidine groups is 1. The largest absolute Gasteiger partial charge is 0.480 e. The summed E-state index contributed by atoms with van der Waals surface area (Å²) in [6, 6.07) is 16.3. The fourth-order valence-corrected chi connectivity index (χ4v) is 4.93. The van der Waals surface area contributed by atoms with E-state index < -0.39 is 72.9 Å². The number of nitrogen functional groups attached to an aromatic ring is 1. The van der Waals surface area contributed by atoms with Gasteiger partial charge in [0.25, 0.3) is 5.91 Å². The highest BCUT2D eigenvalue weighted by Gasteiger charge is 2.55. The third-order valence-electron chi connectivity index (χ3n) is 7.65. The van der Waals surface area contributed by atoms with Gasteiger partial charge in [-0.1, -0.05) is 66.7 Å². The number of carbonyl (C=O) groups excluding carboxylic acids is 4. The summed E-state index contributed by atoms with van der Waals surface area (Å²) in [5.41, 5.74) is 4.81. The van der Waals surface area contributed by atoms with Crippen LogP contribution in [-0.4, -0.2) is 69.8 Å². The first-order chi connectivity index (χ1) is 22.6. The Morgan fingerprint density at radius 2 is 1.60 bits per heavy atom. The second-order valence-electron chi connectivity index (χ2n) is 10.9. The molecular formula is C32H31F3N6O7. The van der Waals surface area contributed by atoms with Crippen LogP contribution in [0.4, 0.5) is 22.8 Å². The third kappa shape index (κ3) is 7.89. The fourth-order valence-electron chi connectivity index (χ4n) is 4.93. The number of alkyl carbamates (subject to hydrolysis) is 1. The highest BCUT2D eigenvalue weighted by atomic mass is 19.4. The van der Waals surface area contributed by atoms with Gasteiger partial charge in [0.2, 0.25) is 5.91 Å². The molecule has 0 aromatic heterocycles. The molecule has 3 aromatic rings. The predicted molar refractivity (Wildman–Crippen MR) is 163 cm³/mol. The SMILES string of the molecule is C[C@]1(c2ccc(C(=N)N)cc2)C(=O)N(CC(=O)NC[C@H](NC(=O)OCc2ccc(C(F)(F)F)cc2)C(=O)O)C(=O)N1Cc1ccccc1. The van der Waals surface area contributed by atoms with Gasteiger partial charge in [0.1, 0.15) is 30.6 Å². The molecule has 1 saturated heterocycles. The second kappa shape index (κ2) is 14.2. The quantitative estimate of drug-likeness (QED) is 0.110. The first-order valence-corrected chi connectivity index (χ1v) is 14.3. The Morgan fingerprint density at radius 1 is 0.979 bits per heavy atom. The first-order valence-electron chi connectivity index (χ1n) is 14.3. The number of rotatable bonds is 12. The molecule has 0 bridgehead atoms. The number of carboxylic acids is 1. The van der Waals surface area contributed by atoms with E-state index in [2.05, 4.69) is 5.32 Å². The third-order valence-corrected chi connectivity index (χ3v) is 7.65. The maximum atomic E-state index is 13.8. The van der Waals surface area contributed by atoms with Crippen molar-refractivity contribution in [2.24, 2.45) is 5.73 Å². The maximum Gasteiger partial charge on any atom is 0.416 e. The van der Waals surface area contributed by atoms with Gasteiger partial charge in [-0.3, -0.25) is 19.9 Å². The molecule has 5 amide bonds. The lowest BCUT2D eigenvalue weighted by atomic mass is 9.89. The minimum Gasteiger partial charge on any atom is -0.480 e. The topological polar surface area (TPSA) is 195 Å². The van der Waals surface area contributed by atoms with Crippen LogP contribution in [0.3, 0.4) is 0 Å². The van der Waals surface area contributed by atoms with E-state index in [9.17, 15) is 42.3 Å². The Balaban J connectivity index is 1.41. The molecule has 3 aromatic carbocycles. The lowest BCUT2D eigenvalue weighted by molar-refractivity contribution is -0.140. The zero-order valence-electron chi connectivity index (χ0n) is 25.4. The molecule has 1 aliphatic heterocycles. The number of aliphatic carboxylic acids is 1. The van der Waals surface area contributed by atoms with Gasteiger partial charge < -0.3 is 31.1 Å². The molecule has 252 valence electrons. The van der Waals surface area contributed by atoms with Crippen molar-refractivity contribution in [3.05, 3.63) is 107 Å². The molecule has 16 heteroatoms. The van der Waals surface area contributed by atoms with E-state index in [1.807, 2.05) is 5.32 Å². The summed E-state index contributed by atoms with van der Waals surface area (Å²) in [5, 5.41) is 21.5. The van der Waals surface area contributed by atoms with Crippen molar-refractivity contribution >= 4 is 35.7 Å². The number of carbonyl (C=O) groups is 5. The number of benzene rings is 3. The van der Waals surface area contributed by atoms with Gasteiger partial charge >= 0.3 is 24.3 Å². The molecule has 4 rings (SSSR count). The highest BCUT2D eigenvalue weighted by molar-refractivity contribution is 6.09. The molecule has 1 aliphatic rings. The smallest absolute Gasteiger partial charge is 0.416 e. The van der Waals surface area contributed by atoms with Gasteiger partial charge in [0.05, 0.1) is 5.56 Å². The van der Waals surface area contributed by atoms with E-state index in [0.29, 0.717) is 16.7 Å². The van der Waals surface area contributed by atoms with Gasteiger partial charge in [-0.2, -0.15) is 13.2 Å². The molecule has 0 saturated carbocycles. The summed E-state index contributed by atoms with van der Waals surface area (Å²) in [6.07, 6.45) is -5.76. The van der Waals surface area contributed by atoms with Crippen LogP contribution in [0.5, 0.6) is 0 Å². The number of imide groups is 1. The Kier molecular flexibility index (Phi) is 10.4. The number of urea groups is 1. The maximum absolute atomic E-state index is 13.8. The van der Waals surface area contributed by atoms with Crippen molar-refractivity contribution in [1.29, 1.82) is 5.41 Å². The van der Waals surface area contributed by atoms with E-state index in [4.69, 9.17) is 15.9 Å². The molecule has 0 spiro atoms. The number of nitrogens with zero attached hydrogens (tertiary/aromatic N) is 2. The minimum absolute atomic E-state index is 0.00802. The molecule has 0 radical (unpaired) electrons. The molecule has 2 atom stereocenters. The van der Waals surface area contributed by atoms with Crippen molar-refractivity contribution in [2.75, 3.05) is 13.1 Å². The van der Waals surface area contributed by atoms with Crippen molar-refractivity contribution in [3.8, 4) is 0 Å². The van der Waals surface area contributed by atoms with Crippen LogP contribution in [0.25, 0.3) is 0 Å². The number of amides is 5. The van der Waals surface area contributed by atoms with Gasteiger partial charge in [0, 0.05) is 18.7 Å². The van der Waals surface area contributed by atoms with Crippen LogP contribution in [0, 0.1) is 5.41 Å². The summed E-state index contributed by atoms with van der Waals surface area (Å²) in [6.45, 7) is -0.352. The van der Waals surface area contributed by atoms with E-state index in [1.165, 1.54) is 24.0 Å². The molecule has 48 heavy (non-hydrogen) atoms. The summed E-state index contributed by atoms with van der Waals surface area (Å²) in [4.78, 5) is 66.4. The standard InChI is InChI=1S/C32H31F3N6O7/c1-31(22-13-9-21(10-14-22)26(36)37)28(45)40(30(47)41(31)16-19-5-3-2-4-6-19)17-25(42)38-15-24(27(43)44)39-29(46)48-18-20-7-11-23(12-8-20)32(33,34)35/h2-14,24H,15-18H2,1H3,(H3,36,37)(H,38,42)(H,39,46)(H,43,44)/t24-,31-/m0/s1. The zero-order chi connectivity index (χ0) is 35.2. The molecule has 1 heterocycles. The monoisotopic (exact) mass is 668 g/mol. The molecule has 0 aliphatic carbocycles. The Bertz CT molecular complexity index is 1700. The number of carboxylic acid groups (broad SMARTS) is 1. The zero-order valence-corrected chi connectivity index (χ0v) is 25.4. The Labute approximate surface area is 272 Å². The first kappa shape index (κ1) is 34.9. The van der Waals surface area contributed by atoms with Crippen LogP contribution in [0.2, 0.25) is 0 Å². The number of nitrogens with two attached hydrogens (primary N) is 1. The van der Waals surface area contributed by atoms with Crippen LogP contribution < -0.4 is 16.4 Å². The molecule has 1 fully saturated rings. The highest BCUT2D eigenvalue weighted by Crippen LogP contribution is 2.38. The van der Waals surface area contributed by atoms with Gasteiger partial charge in [0.15, 0.2) is 0 Å². The molecule has 6 N–H and O–H groups in total. The normalized spacial score (nSPS) is 16.8. The second-order valence-corrected chi connectivity index (χ2v) is 10.9. The Morgan fingerprint density at radius 3 is 2.17 bits per heavy atom. The Hall–Kier alpha value is -5.93. The lowest BCUT2D eigenvalue weighted by Gasteiger charge is -2.32. The van der Waals surface area contributed by atoms with Gasteiger partial charge in [-0.05, 0) is 35.7 Å². The number of alkyl halides is 3. The van der Waals surface area contributed by atoms with Crippen molar-refractivity contribution < 1.29 is 47.0 Å². The van der Waals surface area contributed by atoms with E-state index in [-0.39, 0.29) is 17.9 Å². The van der Waals surface area contributed by atoms with E-state index in [0.717, 1.165) is 29.2 Å². The van der Waals surface area contributed by atoms with Gasteiger partial charge in [-0.25, -0.2) is 14.4 Å². The molecule has 13 nitrogen and oxygen atoms in total. The summed E-state index contributed by atoms with van der Waals surface area (Å²) < 4.78 is 43.1. The van der Waals surface area contributed by atoms with Crippen molar-refractivity contribution in [3.63, 3.8) is 0 Å². The average Bonchev–Trinajstić information content (AvgIpc) is 3.22. The van der Waals surface area contributed by atoms with Crippen LogP contribution in [-0.2, 0) is 44.0 Å². The fraction of sp³-hybridized carbons (Fsp3) is 0.250. The van der Waals surface area contributed by atoms with E-state index >= 15 is 0 Å². The molecular weight excluding hydrogens is 637 g/mol.